The number of carbonyl (C=O) groups excluding carboxylic acids is 2. The van der Waals surface area contributed by atoms with Gasteiger partial charge in [-0.15, -0.1) is 10.2 Å². The summed E-state index contributed by atoms with van der Waals surface area (Å²) in [7, 11) is 2.78. The molecule has 0 aliphatic heterocycles. The predicted molar refractivity (Wildman–Crippen MR) is 263 cm³/mol. The first kappa shape index (κ1) is 47.0. The fourth-order valence-electron chi connectivity index (χ4n) is 8.70. The van der Waals surface area contributed by atoms with Crippen molar-refractivity contribution in [2.75, 3.05) is 14.2 Å². The third-order valence-electron chi connectivity index (χ3n) is 12.8. The van der Waals surface area contributed by atoms with Gasteiger partial charge >= 0.3 is 0 Å². The Morgan fingerprint density at radius 3 is 1.41 bits per heavy atom. The maximum atomic E-state index is 15.1. The zero-order chi connectivity index (χ0) is 50.7. The average molecular weight is 997 g/mol. The topological polar surface area (TPSA) is 224 Å². The molecule has 8 aromatic heterocycles. The molecule has 8 heterocycles. The number of imidazole rings is 2. The predicted octanol–water partition coefficient (Wildman–Crippen LogP) is 6.77. The minimum Gasteiger partial charge on any atom is -0.494 e. The Labute approximate surface area is 420 Å². The Hall–Kier alpha value is -9.34. The van der Waals surface area contributed by atoms with E-state index in [9.17, 15) is 9.59 Å². The average Bonchev–Trinajstić information content (AvgIpc) is 4.27. The van der Waals surface area contributed by atoms with E-state index >= 15 is 8.78 Å². The number of amides is 2. The normalized spacial score (nSPS) is 13.1. The minimum absolute atomic E-state index is 0.0812. The van der Waals surface area contributed by atoms with Crippen LogP contribution in [0.3, 0.4) is 0 Å². The highest BCUT2D eigenvalue weighted by molar-refractivity contribution is 5.92. The zero-order valence-electron chi connectivity index (χ0n) is 40.0. The number of rotatable bonds is 16. The molecule has 74 heavy (non-hydrogen) atoms. The first-order chi connectivity index (χ1) is 36.2. The number of carbonyl (C=O) groups is 2. The smallest absolute Gasteiger partial charge is 0.273 e. The summed E-state index contributed by atoms with van der Waals surface area (Å²) in [6.45, 7) is 0.569. The van der Waals surface area contributed by atoms with Crippen molar-refractivity contribution in [1.82, 2.24) is 79.8 Å². The quantitative estimate of drug-likeness (QED) is 0.102. The molecule has 2 aliphatic rings. The summed E-state index contributed by atoms with van der Waals surface area (Å²) in [4.78, 5) is 34.9. The van der Waals surface area contributed by atoms with E-state index in [1.165, 1.54) is 87.9 Å². The highest BCUT2D eigenvalue weighted by Gasteiger charge is 2.26. The fraction of sp³-hybridized carbons (Fsp3) is 0.231. The fourth-order valence-corrected chi connectivity index (χ4v) is 8.70. The van der Waals surface area contributed by atoms with Gasteiger partial charge in [-0.1, -0.05) is 34.7 Å². The van der Waals surface area contributed by atoms with Crippen LogP contribution in [0.4, 0.5) is 8.78 Å². The summed E-state index contributed by atoms with van der Waals surface area (Å²) in [6.07, 6.45) is 22.3. The summed E-state index contributed by atoms with van der Waals surface area (Å²) in [5.41, 5.74) is 9.25. The van der Waals surface area contributed by atoms with E-state index in [1.54, 1.807) is 46.0 Å². The van der Waals surface area contributed by atoms with Crippen molar-refractivity contribution < 1.29 is 27.8 Å². The SMILES string of the molecule is COc1ccc(-c2ccnnc2)c(CNC(=O)c2cn(Cc3cn4cc(C5CC5)ccc4n3)nn2)c1F.COc1ccc(-c2ccnnc2)c(CNC(=O)c2cn(Cc3cn4cc(C5CC5)ccc4n3)nn2)c1F. The van der Waals surface area contributed by atoms with Crippen LogP contribution in [0.1, 0.15) is 92.1 Å². The highest BCUT2D eigenvalue weighted by atomic mass is 19.1. The summed E-state index contributed by atoms with van der Waals surface area (Å²) in [5.74, 6) is -0.581. The molecule has 0 bridgehead atoms. The molecule has 0 unspecified atom stereocenters. The second-order valence-corrected chi connectivity index (χ2v) is 17.9. The van der Waals surface area contributed by atoms with E-state index < -0.39 is 23.4 Å². The maximum Gasteiger partial charge on any atom is 0.273 e. The molecule has 372 valence electrons. The van der Waals surface area contributed by atoms with Gasteiger partial charge in [-0.25, -0.2) is 28.1 Å². The van der Waals surface area contributed by atoms with Crippen LogP contribution >= 0.6 is 0 Å². The van der Waals surface area contributed by atoms with Gasteiger partial charge in [0.25, 0.3) is 11.8 Å². The van der Waals surface area contributed by atoms with Crippen LogP contribution in [-0.4, -0.2) is 95.2 Å². The lowest BCUT2D eigenvalue weighted by Gasteiger charge is -2.14. The molecule has 2 amide bonds. The lowest BCUT2D eigenvalue weighted by molar-refractivity contribution is 0.0937. The lowest BCUT2D eigenvalue weighted by atomic mass is 10.00. The van der Waals surface area contributed by atoms with Crippen molar-refractivity contribution in [3.63, 3.8) is 0 Å². The first-order valence-electron chi connectivity index (χ1n) is 23.7. The Bertz CT molecular complexity index is 3430. The minimum atomic E-state index is -0.558. The third-order valence-corrected chi connectivity index (χ3v) is 12.8. The molecule has 2 saturated carbocycles. The van der Waals surface area contributed by atoms with E-state index in [-0.39, 0.29) is 47.1 Å². The molecule has 0 spiro atoms. The monoisotopic (exact) mass is 996 g/mol. The van der Waals surface area contributed by atoms with E-state index in [0.717, 1.165) is 22.7 Å². The van der Waals surface area contributed by atoms with Crippen molar-refractivity contribution in [3.05, 3.63) is 179 Å². The molecular weight excluding hydrogens is 951 g/mol. The second-order valence-electron chi connectivity index (χ2n) is 17.9. The standard InChI is InChI=1S/2C26H23FN8O2/c2*1-37-23-6-5-20(17-8-9-29-30-10-17)21(25(23)27)11-28-26(36)22-15-35(33-32-22)14-19-13-34-12-18(16-2-3-16)4-7-24(34)31-19/h2*4-10,12-13,15-16H,2-3,11,14H2,1H3,(H,28,36). The number of methoxy groups -OCH3 is 2. The number of fused-ring (bicyclic) bond motifs is 2. The van der Waals surface area contributed by atoms with Crippen LogP contribution < -0.4 is 20.1 Å². The number of halogens is 2. The zero-order valence-corrected chi connectivity index (χ0v) is 40.0. The van der Waals surface area contributed by atoms with E-state index in [1.807, 2.05) is 33.3 Å². The van der Waals surface area contributed by atoms with Crippen LogP contribution in [0.5, 0.6) is 11.5 Å². The molecule has 12 rings (SSSR count). The number of ether oxygens (including phenoxy) is 2. The maximum absolute atomic E-state index is 15.1. The van der Waals surface area contributed by atoms with Gasteiger partial charge < -0.3 is 28.9 Å². The van der Waals surface area contributed by atoms with Crippen molar-refractivity contribution in [2.24, 2.45) is 0 Å². The molecular formula is C52H46F2N16O4. The molecule has 22 heteroatoms. The van der Waals surface area contributed by atoms with Crippen LogP contribution in [-0.2, 0) is 26.2 Å². The summed E-state index contributed by atoms with van der Waals surface area (Å²) < 4.78 is 47.6. The second kappa shape index (κ2) is 20.4. The first-order valence-corrected chi connectivity index (χ1v) is 23.7. The van der Waals surface area contributed by atoms with Gasteiger partial charge in [0.05, 0.1) is 75.9 Å². The van der Waals surface area contributed by atoms with E-state index in [0.29, 0.717) is 47.2 Å². The molecule has 20 nitrogen and oxygen atoms in total. The Kier molecular flexibility index (Phi) is 13.0. The van der Waals surface area contributed by atoms with Gasteiger partial charge in [0, 0.05) is 60.1 Å². The molecule has 0 radical (unpaired) electrons. The number of nitrogens with zero attached hydrogens (tertiary/aromatic N) is 14. The van der Waals surface area contributed by atoms with Crippen LogP contribution in [0.15, 0.2) is 123 Å². The molecule has 10 aromatic rings. The Balaban J connectivity index is 0.000000159. The van der Waals surface area contributed by atoms with Gasteiger partial charge in [-0.05, 0) is 96.2 Å². The number of nitrogens with one attached hydrogen (secondary N) is 2. The van der Waals surface area contributed by atoms with Gasteiger partial charge in [0.1, 0.15) is 11.3 Å². The van der Waals surface area contributed by atoms with Crippen LogP contribution in [0.2, 0.25) is 0 Å². The van der Waals surface area contributed by atoms with Crippen molar-refractivity contribution in [1.29, 1.82) is 0 Å². The largest absolute Gasteiger partial charge is 0.494 e. The van der Waals surface area contributed by atoms with Gasteiger partial charge in [-0.3, -0.25) is 9.59 Å². The van der Waals surface area contributed by atoms with Gasteiger partial charge in [0.15, 0.2) is 34.5 Å². The molecule has 0 saturated heterocycles. The Morgan fingerprint density at radius 1 is 0.568 bits per heavy atom. The summed E-state index contributed by atoms with van der Waals surface area (Å²) in [5, 5.41) is 36.9. The molecule has 0 atom stereocenters. The van der Waals surface area contributed by atoms with Crippen molar-refractivity contribution in [3.8, 4) is 33.8 Å². The molecule has 2 aliphatic carbocycles. The molecule has 2 aromatic carbocycles. The summed E-state index contributed by atoms with van der Waals surface area (Å²) >= 11 is 0. The van der Waals surface area contributed by atoms with Gasteiger partial charge in [-0.2, -0.15) is 20.4 Å². The van der Waals surface area contributed by atoms with E-state index in [2.05, 4.69) is 86.1 Å². The number of hydrogen-bond donors (Lipinski definition) is 2. The third kappa shape index (κ3) is 10.2. The van der Waals surface area contributed by atoms with Crippen molar-refractivity contribution in [2.45, 2.75) is 63.7 Å². The number of benzene rings is 2. The Morgan fingerprint density at radius 2 is 1.01 bits per heavy atom. The number of pyridine rings is 2. The lowest BCUT2D eigenvalue weighted by Crippen LogP contribution is -2.24. The van der Waals surface area contributed by atoms with Crippen LogP contribution in [0, 0.1) is 11.6 Å². The number of aromatic nitrogens is 14. The van der Waals surface area contributed by atoms with Gasteiger partial charge in [0.2, 0.25) is 0 Å². The highest BCUT2D eigenvalue weighted by Crippen LogP contribution is 2.41. The molecule has 2 fully saturated rings. The van der Waals surface area contributed by atoms with Crippen molar-refractivity contribution >= 4 is 23.1 Å². The number of hydrogen-bond acceptors (Lipinski definition) is 14. The summed E-state index contributed by atoms with van der Waals surface area (Å²) in [6, 6.07) is 18.2. The molecule has 2 N–H and O–H groups in total. The van der Waals surface area contributed by atoms with E-state index in [4.69, 9.17) is 9.47 Å². The van der Waals surface area contributed by atoms with Crippen LogP contribution in [0.25, 0.3) is 33.5 Å².